The molecule has 0 atom stereocenters. The van der Waals surface area contributed by atoms with Gasteiger partial charge in [-0.3, -0.25) is 9.59 Å². The van der Waals surface area contributed by atoms with Gasteiger partial charge in [0.15, 0.2) is 0 Å². The summed E-state index contributed by atoms with van der Waals surface area (Å²) in [5.41, 5.74) is -0.573. The smallest absolute Gasteiger partial charge is 0.305 e. The lowest BCUT2D eigenvalue weighted by atomic mass is 9.78. The number of carboxylic acids is 1. The molecule has 1 aromatic heterocycles. The molecular formula is C15H21NO4S. The fourth-order valence-electron chi connectivity index (χ4n) is 3.10. The molecule has 0 aromatic carbocycles. The molecule has 6 heteroatoms. The van der Waals surface area contributed by atoms with Crippen LogP contribution in [0, 0.1) is 0 Å². The minimum atomic E-state index is -0.852. The summed E-state index contributed by atoms with van der Waals surface area (Å²) in [5, 5.41) is 11.0. The van der Waals surface area contributed by atoms with Crippen LogP contribution in [0.4, 0.5) is 0 Å². The fraction of sp³-hybridized carbons (Fsp3) is 0.600. The largest absolute Gasteiger partial charge is 0.495 e. The van der Waals surface area contributed by atoms with E-state index in [1.165, 1.54) is 18.4 Å². The Morgan fingerprint density at radius 2 is 2.05 bits per heavy atom. The van der Waals surface area contributed by atoms with Gasteiger partial charge in [-0.25, -0.2) is 0 Å². The lowest BCUT2D eigenvalue weighted by Gasteiger charge is -2.43. The SMILES string of the molecule is COc1ccsc1C(=O)N(C)C1(CC(=O)O)CCCCC1. The lowest BCUT2D eigenvalue weighted by molar-refractivity contribution is -0.140. The van der Waals surface area contributed by atoms with Gasteiger partial charge in [-0.2, -0.15) is 0 Å². The number of carbonyl (C=O) groups excluding carboxylic acids is 1. The maximum atomic E-state index is 12.7. The number of carboxylic acid groups (broad SMARTS) is 1. The van der Waals surface area contributed by atoms with Crippen LogP contribution in [-0.2, 0) is 4.79 Å². The van der Waals surface area contributed by atoms with Crippen molar-refractivity contribution in [2.45, 2.75) is 44.1 Å². The van der Waals surface area contributed by atoms with Crippen LogP contribution in [0.25, 0.3) is 0 Å². The van der Waals surface area contributed by atoms with E-state index in [4.69, 9.17) is 4.74 Å². The van der Waals surface area contributed by atoms with Crippen LogP contribution in [0.3, 0.4) is 0 Å². The Labute approximate surface area is 128 Å². The molecule has 2 rings (SSSR count). The third-order valence-electron chi connectivity index (χ3n) is 4.32. The Balaban J connectivity index is 2.27. The average molecular weight is 311 g/mol. The van der Waals surface area contributed by atoms with Gasteiger partial charge in [-0.1, -0.05) is 19.3 Å². The summed E-state index contributed by atoms with van der Waals surface area (Å²) in [6, 6.07) is 1.76. The van der Waals surface area contributed by atoms with Crippen molar-refractivity contribution in [1.29, 1.82) is 0 Å². The predicted octanol–water partition coefficient (Wildman–Crippen LogP) is 3.01. The van der Waals surface area contributed by atoms with Crippen LogP contribution >= 0.6 is 11.3 Å². The zero-order valence-corrected chi connectivity index (χ0v) is 13.2. The Morgan fingerprint density at radius 1 is 1.38 bits per heavy atom. The zero-order valence-electron chi connectivity index (χ0n) is 12.4. The van der Waals surface area contributed by atoms with Crippen molar-refractivity contribution in [2.75, 3.05) is 14.2 Å². The summed E-state index contributed by atoms with van der Waals surface area (Å²) < 4.78 is 5.20. The molecule has 0 saturated heterocycles. The number of aliphatic carboxylic acids is 1. The first-order valence-electron chi connectivity index (χ1n) is 7.11. The predicted molar refractivity (Wildman–Crippen MR) is 81.0 cm³/mol. The fourth-order valence-corrected chi connectivity index (χ4v) is 3.94. The molecule has 1 heterocycles. The Kier molecular flexibility index (Phi) is 4.88. The average Bonchev–Trinajstić information content (AvgIpc) is 2.94. The van der Waals surface area contributed by atoms with E-state index in [2.05, 4.69) is 0 Å². The van der Waals surface area contributed by atoms with Gasteiger partial charge in [0.1, 0.15) is 10.6 Å². The van der Waals surface area contributed by atoms with Crippen molar-refractivity contribution in [3.8, 4) is 5.75 Å². The van der Waals surface area contributed by atoms with Crippen LogP contribution in [-0.4, -0.2) is 41.6 Å². The van der Waals surface area contributed by atoms with E-state index in [-0.39, 0.29) is 12.3 Å². The zero-order chi connectivity index (χ0) is 15.5. The molecule has 1 amide bonds. The minimum Gasteiger partial charge on any atom is -0.495 e. The second kappa shape index (κ2) is 6.47. The minimum absolute atomic E-state index is 0.00291. The van der Waals surface area contributed by atoms with Crippen LogP contribution < -0.4 is 4.74 Å². The van der Waals surface area contributed by atoms with Gasteiger partial charge in [0.25, 0.3) is 5.91 Å². The molecule has 116 valence electrons. The number of amides is 1. The van der Waals surface area contributed by atoms with Gasteiger partial charge >= 0.3 is 5.97 Å². The molecule has 0 radical (unpaired) electrons. The van der Waals surface area contributed by atoms with Crippen molar-refractivity contribution in [1.82, 2.24) is 4.90 Å². The first-order chi connectivity index (χ1) is 10.00. The van der Waals surface area contributed by atoms with Crippen LogP contribution in [0.15, 0.2) is 11.4 Å². The van der Waals surface area contributed by atoms with Gasteiger partial charge in [-0.15, -0.1) is 11.3 Å². The number of hydrogen-bond acceptors (Lipinski definition) is 4. The lowest BCUT2D eigenvalue weighted by Crippen LogP contribution is -2.52. The number of methoxy groups -OCH3 is 1. The van der Waals surface area contributed by atoms with Crippen molar-refractivity contribution in [2.24, 2.45) is 0 Å². The summed E-state index contributed by atoms with van der Waals surface area (Å²) in [6.45, 7) is 0. The third-order valence-corrected chi connectivity index (χ3v) is 5.21. The van der Waals surface area contributed by atoms with Crippen molar-refractivity contribution < 1.29 is 19.4 Å². The first-order valence-corrected chi connectivity index (χ1v) is 7.99. The number of hydrogen-bond donors (Lipinski definition) is 1. The number of ether oxygens (including phenoxy) is 1. The number of thiophene rings is 1. The van der Waals surface area contributed by atoms with E-state index >= 15 is 0 Å². The maximum absolute atomic E-state index is 12.7. The molecule has 1 aliphatic carbocycles. The van der Waals surface area contributed by atoms with E-state index in [0.29, 0.717) is 10.6 Å². The Bertz CT molecular complexity index is 519. The van der Waals surface area contributed by atoms with Gasteiger partial charge in [0.2, 0.25) is 0 Å². The Hall–Kier alpha value is -1.56. The van der Waals surface area contributed by atoms with E-state index in [9.17, 15) is 14.7 Å². The van der Waals surface area contributed by atoms with Crippen LogP contribution in [0.2, 0.25) is 0 Å². The van der Waals surface area contributed by atoms with Gasteiger partial charge in [0.05, 0.1) is 19.1 Å². The van der Waals surface area contributed by atoms with Crippen molar-refractivity contribution >= 4 is 23.2 Å². The summed E-state index contributed by atoms with van der Waals surface area (Å²) in [5.74, 6) is -0.446. The van der Waals surface area contributed by atoms with Crippen LogP contribution in [0.1, 0.15) is 48.2 Å². The second-order valence-electron chi connectivity index (χ2n) is 5.54. The van der Waals surface area contributed by atoms with Gasteiger partial charge < -0.3 is 14.7 Å². The van der Waals surface area contributed by atoms with E-state index < -0.39 is 11.5 Å². The molecule has 0 bridgehead atoms. The highest BCUT2D eigenvalue weighted by Crippen LogP contribution is 2.38. The summed E-state index contributed by atoms with van der Waals surface area (Å²) in [4.78, 5) is 26.2. The molecule has 1 aliphatic rings. The standard InChI is InChI=1S/C15H21NO4S/c1-16(14(19)13-11(20-2)6-9-21-13)15(10-12(17)18)7-4-3-5-8-15/h6,9H,3-5,7-8,10H2,1-2H3,(H,17,18). The highest BCUT2D eigenvalue weighted by atomic mass is 32.1. The molecule has 0 unspecified atom stereocenters. The number of rotatable bonds is 5. The van der Waals surface area contributed by atoms with E-state index in [1.807, 2.05) is 5.38 Å². The molecule has 0 aliphatic heterocycles. The Morgan fingerprint density at radius 3 is 2.62 bits per heavy atom. The summed E-state index contributed by atoms with van der Waals surface area (Å²) in [6.07, 6.45) is 4.53. The molecule has 5 nitrogen and oxygen atoms in total. The molecule has 1 aromatic rings. The molecule has 1 saturated carbocycles. The third kappa shape index (κ3) is 3.20. The second-order valence-corrected chi connectivity index (χ2v) is 6.45. The molecule has 0 spiro atoms. The molecule has 1 fully saturated rings. The normalized spacial score (nSPS) is 17.2. The highest BCUT2D eigenvalue weighted by molar-refractivity contribution is 7.12. The highest BCUT2D eigenvalue weighted by Gasteiger charge is 2.41. The quantitative estimate of drug-likeness (QED) is 0.907. The number of carbonyl (C=O) groups is 2. The van der Waals surface area contributed by atoms with Gasteiger partial charge in [0, 0.05) is 7.05 Å². The van der Waals surface area contributed by atoms with E-state index in [0.717, 1.165) is 32.1 Å². The first kappa shape index (κ1) is 15.8. The topological polar surface area (TPSA) is 66.8 Å². The van der Waals surface area contributed by atoms with Crippen molar-refractivity contribution in [3.63, 3.8) is 0 Å². The van der Waals surface area contributed by atoms with Crippen LogP contribution in [0.5, 0.6) is 5.75 Å². The molecule has 1 N–H and O–H groups in total. The summed E-state index contributed by atoms with van der Waals surface area (Å²) in [7, 11) is 3.25. The van der Waals surface area contributed by atoms with Gasteiger partial charge in [-0.05, 0) is 24.3 Å². The van der Waals surface area contributed by atoms with E-state index in [1.54, 1.807) is 18.0 Å². The van der Waals surface area contributed by atoms with Crippen molar-refractivity contribution in [3.05, 3.63) is 16.3 Å². The molecular weight excluding hydrogens is 290 g/mol. The summed E-state index contributed by atoms with van der Waals surface area (Å²) >= 11 is 1.33. The maximum Gasteiger partial charge on any atom is 0.305 e. The molecule has 21 heavy (non-hydrogen) atoms. The number of nitrogens with zero attached hydrogens (tertiary/aromatic N) is 1. The monoisotopic (exact) mass is 311 g/mol.